The molecule has 25 heavy (non-hydrogen) atoms. The van der Waals surface area contributed by atoms with Gasteiger partial charge in [0, 0.05) is 30.0 Å². The van der Waals surface area contributed by atoms with Crippen LogP contribution in [0.15, 0.2) is 30.3 Å². The van der Waals surface area contributed by atoms with E-state index < -0.39 is 5.92 Å². The molecule has 1 atom stereocenters. The number of anilines is 2. The molecule has 1 N–H and O–H groups in total. The van der Waals surface area contributed by atoms with Gasteiger partial charge in [0.1, 0.15) is 0 Å². The monoisotopic (exact) mass is 338 g/mol. The quantitative estimate of drug-likeness (QED) is 0.930. The molecule has 0 spiro atoms. The standard InChI is InChI=1S/C19H22N4O2/c1-4-14-7-5-6-8-16(14)23-11-15(10-17(23)24)18(25)22-19-20-12(2)9-13(3)21-19/h5-9,15H,4,10-11H2,1-3H3,(H,20,21,22,25)/t15-/m1/s1. The van der Waals surface area contributed by atoms with E-state index in [1.165, 1.54) is 0 Å². The normalized spacial score (nSPS) is 17.0. The highest BCUT2D eigenvalue weighted by Gasteiger charge is 2.36. The van der Waals surface area contributed by atoms with Gasteiger partial charge in [0.25, 0.3) is 0 Å². The first-order valence-corrected chi connectivity index (χ1v) is 8.49. The average molecular weight is 338 g/mol. The fourth-order valence-corrected chi connectivity index (χ4v) is 3.18. The zero-order valence-corrected chi connectivity index (χ0v) is 14.7. The molecule has 1 aliphatic heterocycles. The van der Waals surface area contributed by atoms with E-state index in [2.05, 4.69) is 22.2 Å². The Hall–Kier alpha value is -2.76. The summed E-state index contributed by atoms with van der Waals surface area (Å²) in [6.07, 6.45) is 1.04. The number of hydrogen-bond acceptors (Lipinski definition) is 4. The second kappa shape index (κ2) is 7.01. The first-order valence-electron chi connectivity index (χ1n) is 8.49. The zero-order valence-electron chi connectivity index (χ0n) is 14.7. The maximum absolute atomic E-state index is 12.5. The smallest absolute Gasteiger partial charge is 0.232 e. The second-order valence-electron chi connectivity index (χ2n) is 6.35. The van der Waals surface area contributed by atoms with Crippen LogP contribution in [0.25, 0.3) is 0 Å². The van der Waals surface area contributed by atoms with Crippen molar-refractivity contribution in [3.05, 3.63) is 47.3 Å². The molecule has 3 rings (SSSR count). The molecule has 2 heterocycles. The van der Waals surface area contributed by atoms with Crippen molar-refractivity contribution in [3.8, 4) is 0 Å². The summed E-state index contributed by atoms with van der Waals surface area (Å²) >= 11 is 0. The first-order chi connectivity index (χ1) is 12.0. The maximum Gasteiger partial charge on any atom is 0.232 e. The van der Waals surface area contributed by atoms with Crippen molar-refractivity contribution in [1.29, 1.82) is 0 Å². The summed E-state index contributed by atoms with van der Waals surface area (Å²) in [7, 11) is 0. The fraction of sp³-hybridized carbons (Fsp3) is 0.368. The van der Waals surface area contributed by atoms with Gasteiger partial charge in [0.2, 0.25) is 17.8 Å². The van der Waals surface area contributed by atoms with Crippen molar-refractivity contribution in [2.24, 2.45) is 5.92 Å². The van der Waals surface area contributed by atoms with Crippen LogP contribution in [-0.2, 0) is 16.0 Å². The molecular weight excluding hydrogens is 316 g/mol. The van der Waals surface area contributed by atoms with Crippen LogP contribution in [0.4, 0.5) is 11.6 Å². The number of para-hydroxylation sites is 1. The molecule has 1 saturated heterocycles. The van der Waals surface area contributed by atoms with Crippen LogP contribution in [0.2, 0.25) is 0 Å². The minimum absolute atomic E-state index is 0.0256. The molecule has 2 aromatic rings. The van der Waals surface area contributed by atoms with Crippen LogP contribution >= 0.6 is 0 Å². The first kappa shape index (κ1) is 17.1. The Morgan fingerprint density at radius 1 is 1.24 bits per heavy atom. The minimum Gasteiger partial charge on any atom is -0.311 e. The highest BCUT2D eigenvalue weighted by Crippen LogP contribution is 2.29. The van der Waals surface area contributed by atoms with Gasteiger partial charge in [-0.2, -0.15) is 0 Å². The number of amides is 2. The lowest BCUT2D eigenvalue weighted by atomic mass is 10.1. The van der Waals surface area contributed by atoms with Gasteiger partial charge >= 0.3 is 0 Å². The average Bonchev–Trinajstić information content (AvgIpc) is 2.95. The van der Waals surface area contributed by atoms with Gasteiger partial charge in [0.15, 0.2) is 0 Å². The molecule has 0 bridgehead atoms. The number of nitrogens with zero attached hydrogens (tertiary/aromatic N) is 3. The van der Waals surface area contributed by atoms with Gasteiger partial charge in [-0.1, -0.05) is 25.1 Å². The Morgan fingerprint density at radius 3 is 2.60 bits per heavy atom. The summed E-state index contributed by atoms with van der Waals surface area (Å²) in [5.74, 6) is -0.346. The topological polar surface area (TPSA) is 75.2 Å². The Labute approximate surface area is 147 Å². The van der Waals surface area contributed by atoms with E-state index in [-0.39, 0.29) is 18.2 Å². The van der Waals surface area contributed by atoms with Crippen molar-refractivity contribution in [2.75, 3.05) is 16.8 Å². The van der Waals surface area contributed by atoms with E-state index in [1.54, 1.807) is 4.90 Å². The number of rotatable bonds is 4. The van der Waals surface area contributed by atoms with Crippen LogP contribution in [0.3, 0.4) is 0 Å². The fourth-order valence-electron chi connectivity index (χ4n) is 3.18. The number of carbonyl (C=O) groups is 2. The van der Waals surface area contributed by atoms with Gasteiger partial charge in [-0.3, -0.25) is 14.9 Å². The van der Waals surface area contributed by atoms with Gasteiger partial charge in [-0.05, 0) is 38.0 Å². The molecule has 0 aliphatic carbocycles. The van der Waals surface area contributed by atoms with E-state index in [4.69, 9.17) is 0 Å². The minimum atomic E-state index is -0.401. The van der Waals surface area contributed by atoms with Gasteiger partial charge in [0.05, 0.1) is 5.92 Å². The SMILES string of the molecule is CCc1ccccc1N1C[C@H](C(=O)Nc2nc(C)cc(C)n2)CC1=O. The predicted molar refractivity (Wildman–Crippen MR) is 96.4 cm³/mol. The van der Waals surface area contributed by atoms with Crippen molar-refractivity contribution in [1.82, 2.24) is 9.97 Å². The summed E-state index contributed by atoms with van der Waals surface area (Å²) in [5, 5.41) is 2.75. The lowest BCUT2D eigenvalue weighted by molar-refractivity contribution is -0.122. The van der Waals surface area contributed by atoms with Crippen molar-refractivity contribution in [3.63, 3.8) is 0 Å². The Morgan fingerprint density at radius 2 is 1.92 bits per heavy atom. The Bertz CT molecular complexity index is 799. The van der Waals surface area contributed by atoms with Crippen LogP contribution in [0.1, 0.15) is 30.3 Å². The predicted octanol–water partition coefficient (Wildman–Crippen LogP) is 2.65. The van der Waals surface area contributed by atoms with Crippen molar-refractivity contribution < 1.29 is 9.59 Å². The van der Waals surface area contributed by atoms with Crippen LogP contribution in [0.5, 0.6) is 0 Å². The number of benzene rings is 1. The third kappa shape index (κ3) is 3.68. The third-order valence-corrected chi connectivity index (χ3v) is 4.38. The number of aryl methyl sites for hydroxylation is 3. The van der Waals surface area contributed by atoms with E-state index in [9.17, 15) is 9.59 Å². The van der Waals surface area contributed by atoms with Gasteiger partial charge < -0.3 is 4.90 Å². The number of carbonyl (C=O) groups excluding carboxylic acids is 2. The maximum atomic E-state index is 12.5. The Kier molecular flexibility index (Phi) is 4.79. The lowest BCUT2D eigenvalue weighted by Crippen LogP contribution is -2.29. The van der Waals surface area contributed by atoms with E-state index in [0.29, 0.717) is 12.5 Å². The van der Waals surface area contributed by atoms with E-state index in [0.717, 1.165) is 29.1 Å². The molecule has 6 nitrogen and oxygen atoms in total. The third-order valence-electron chi connectivity index (χ3n) is 4.38. The zero-order chi connectivity index (χ0) is 18.0. The van der Waals surface area contributed by atoms with Crippen LogP contribution in [-0.4, -0.2) is 28.3 Å². The molecule has 0 saturated carbocycles. The number of nitrogens with one attached hydrogen (secondary N) is 1. The highest BCUT2D eigenvalue weighted by molar-refractivity contribution is 6.03. The highest BCUT2D eigenvalue weighted by atomic mass is 16.2. The van der Waals surface area contributed by atoms with Crippen LogP contribution in [0, 0.1) is 19.8 Å². The molecular formula is C19H22N4O2. The van der Waals surface area contributed by atoms with Crippen molar-refractivity contribution in [2.45, 2.75) is 33.6 Å². The van der Waals surface area contributed by atoms with Gasteiger partial charge in [-0.15, -0.1) is 0 Å². The molecule has 1 aliphatic rings. The van der Waals surface area contributed by atoms with E-state index >= 15 is 0 Å². The summed E-state index contributed by atoms with van der Waals surface area (Å²) in [4.78, 5) is 35.1. The van der Waals surface area contributed by atoms with Crippen LogP contribution < -0.4 is 10.2 Å². The molecule has 1 aromatic carbocycles. The molecule has 0 radical (unpaired) electrons. The molecule has 1 fully saturated rings. The van der Waals surface area contributed by atoms with Crippen molar-refractivity contribution >= 4 is 23.5 Å². The molecule has 0 unspecified atom stereocenters. The summed E-state index contributed by atoms with van der Waals surface area (Å²) in [6.45, 7) is 6.15. The van der Waals surface area contributed by atoms with E-state index in [1.807, 2.05) is 44.2 Å². The summed E-state index contributed by atoms with van der Waals surface area (Å²) in [5.41, 5.74) is 3.59. The van der Waals surface area contributed by atoms with Gasteiger partial charge in [-0.25, -0.2) is 9.97 Å². The number of aromatic nitrogens is 2. The molecule has 1 aromatic heterocycles. The summed E-state index contributed by atoms with van der Waals surface area (Å²) < 4.78 is 0. The second-order valence-corrected chi connectivity index (χ2v) is 6.35. The molecule has 2 amide bonds. The Balaban J connectivity index is 1.74. The summed E-state index contributed by atoms with van der Waals surface area (Å²) in [6, 6.07) is 9.67. The molecule has 6 heteroatoms. The molecule has 130 valence electrons. The number of hydrogen-bond donors (Lipinski definition) is 1. The largest absolute Gasteiger partial charge is 0.311 e. The lowest BCUT2D eigenvalue weighted by Gasteiger charge is -2.19.